The molecule has 0 aliphatic rings. The average molecular weight is 653 g/mol. The van der Waals surface area contributed by atoms with Crippen molar-refractivity contribution in [3.05, 3.63) is 0 Å². The molecular weight excluding hydrogens is 572 g/mol. The quantitative estimate of drug-likeness (QED) is 0.0531. The lowest BCUT2D eigenvalue weighted by atomic mass is 10.0. The van der Waals surface area contributed by atoms with Crippen molar-refractivity contribution in [2.45, 2.75) is 238 Å². The molecule has 0 rings (SSSR count). The van der Waals surface area contributed by atoms with Gasteiger partial charge in [0.1, 0.15) is 6.61 Å². The zero-order chi connectivity index (χ0) is 33.6. The van der Waals surface area contributed by atoms with Gasteiger partial charge in [0.25, 0.3) is 0 Å². The molecule has 5 heteroatoms. The lowest BCUT2D eigenvalue weighted by molar-refractivity contribution is -0.161. The number of esters is 2. The summed E-state index contributed by atoms with van der Waals surface area (Å²) in [7, 11) is 0. The Bertz CT molecular complexity index is 622. The van der Waals surface area contributed by atoms with Gasteiger partial charge < -0.3 is 14.6 Å². The predicted octanol–water partition coefficient (Wildman–Crippen LogP) is 12.7. The van der Waals surface area contributed by atoms with E-state index < -0.39 is 6.10 Å². The van der Waals surface area contributed by atoms with Crippen molar-refractivity contribution in [1.29, 1.82) is 0 Å². The molecule has 274 valence electrons. The van der Waals surface area contributed by atoms with Gasteiger partial charge in [0.2, 0.25) is 0 Å². The second-order valence-electron chi connectivity index (χ2n) is 14.1. The van der Waals surface area contributed by atoms with E-state index in [9.17, 15) is 14.7 Å². The Morgan fingerprint density at radius 2 is 0.674 bits per heavy atom. The van der Waals surface area contributed by atoms with Crippen LogP contribution in [-0.4, -0.2) is 36.4 Å². The summed E-state index contributed by atoms with van der Waals surface area (Å²) in [5.41, 5.74) is 0. The van der Waals surface area contributed by atoms with Gasteiger partial charge in [-0.05, 0) is 12.8 Å². The number of unbranched alkanes of at least 4 members (excludes halogenated alkanes) is 30. The van der Waals surface area contributed by atoms with Gasteiger partial charge >= 0.3 is 11.9 Å². The minimum Gasteiger partial charge on any atom is -0.462 e. The normalized spacial score (nSPS) is 12.0. The highest BCUT2D eigenvalue weighted by atomic mass is 16.6. The zero-order valence-electron chi connectivity index (χ0n) is 31.1. The summed E-state index contributed by atoms with van der Waals surface area (Å²) >= 11 is 0. The van der Waals surface area contributed by atoms with E-state index in [1.807, 2.05) is 0 Å². The van der Waals surface area contributed by atoms with Crippen LogP contribution >= 0.6 is 0 Å². The van der Waals surface area contributed by atoms with E-state index in [0.717, 1.165) is 32.1 Å². The Kier molecular flexibility index (Phi) is 37.4. The van der Waals surface area contributed by atoms with Crippen LogP contribution in [-0.2, 0) is 19.1 Å². The molecule has 0 aromatic heterocycles. The van der Waals surface area contributed by atoms with E-state index in [1.165, 1.54) is 173 Å². The van der Waals surface area contributed by atoms with Crippen LogP contribution in [0.2, 0.25) is 0 Å². The van der Waals surface area contributed by atoms with Crippen LogP contribution in [0.25, 0.3) is 0 Å². The molecule has 0 saturated heterocycles. The number of hydrogen-bond acceptors (Lipinski definition) is 5. The van der Waals surface area contributed by atoms with Crippen molar-refractivity contribution in [2.24, 2.45) is 0 Å². The van der Waals surface area contributed by atoms with Crippen LogP contribution in [0.3, 0.4) is 0 Å². The second kappa shape index (κ2) is 38.3. The smallest absolute Gasteiger partial charge is 0.306 e. The van der Waals surface area contributed by atoms with Crippen LogP contribution in [0.5, 0.6) is 0 Å². The van der Waals surface area contributed by atoms with E-state index >= 15 is 0 Å². The molecule has 1 atom stereocenters. The van der Waals surface area contributed by atoms with E-state index in [1.54, 1.807) is 0 Å². The van der Waals surface area contributed by atoms with E-state index in [2.05, 4.69) is 13.8 Å². The van der Waals surface area contributed by atoms with Crippen LogP contribution < -0.4 is 0 Å². The maximum Gasteiger partial charge on any atom is 0.306 e. The highest BCUT2D eigenvalue weighted by Gasteiger charge is 2.16. The highest BCUT2D eigenvalue weighted by molar-refractivity contribution is 5.70. The van der Waals surface area contributed by atoms with E-state index in [0.29, 0.717) is 12.8 Å². The van der Waals surface area contributed by atoms with Gasteiger partial charge in [-0.3, -0.25) is 9.59 Å². The summed E-state index contributed by atoms with van der Waals surface area (Å²) in [6, 6.07) is 0. The number of hydrogen-bond donors (Lipinski definition) is 1. The number of ether oxygens (including phenoxy) is 2. The van der Waals surface area contributed by atoms with Gasteiger partial charge in [-0.2, -0.15) is 0 Å². The zero-order valence-corrected chi connectivity index (χ0v) is 31.1. The standard InChI is InChI=1S/C41H80O5/c1-3-5-7-9-11-13-15-17-19-20-22-24-26-28-30-32-34-36-41(44)46-39(37-42)38-45-40(43)35-33-31-29-27-25-23-21-18-16-14-12-10-8-6-4-2/h39,42H,3-38H2,1-2H3/t39-/m1/s1. The first kappa shape index (κ1) is 44.9. The summed E-state index contributed by atoms with van der Waals surface area (Å²) in [5, 5.41) is 9.56. The van der Waals surface area contributed by atoms with Crippen molar-refractivity contribution in [3.8, 4) is 0 Å². The van der Waals surface area contributed by atoms with Gasteiger partial charge in [0.15, 0.2) is 6.10 Å². The number of aliphatic hydroxyl groups excluding tert-OH is 1. The molecule has 0 aromatic carbocycles. The average Bonchev–Trinajstić information content (AvgIpc) is 3.06. The van der Waals surface area contributed by atoms with E-state index in [4.69, 9.17) is 9.47 Å². The predicted molar refractivity (Wildman–Crippen MR) is 196 cm³/mol. The molecular formula is C41H80O5. The summed E-state index contributed by atoms with van der Waals surface area (Å²) in [6.45, 7) is 4.17. The van der Waals surface area contributed by atoms with Gasteiger partial charge in [-0.1, -0.05) is 206 Å². The molecule has 0 aliphatic heterocycles. The molecule has 0 radical (unpaired) electrons. The van der Waals surface area contributed by atoms with Crippen molar-refractivity contribution in [2.75, 3.05) is 13.2 Å². The SMILES string of the molecule is CCCCCCCCCCCCCCCCCCCC(=O)O[C@H](CO)COC(=O)CCCCCCCCCCCCCCCCC. The van der Waals surface area contributed by atoms with Crippen LogP contribution in [0.4, 0.5) is 0 Å². The molecule has 0 aliphatic carbocycles. The Morgan fingerprint density at radius 3 is 0.957 bits per heavy atom. The molecule has 0 aromatic rings. The van der Waals surface area contributed by atoms with Gasteiger partial charge in [0, 0.05) is 12.8 Å². The Balaban J connectivity index is 3.48. The molecule has 0 heterocycles. The highest BCUT2D eigenvalue weighted by Crippen LogP contribution is 2.16. The summed E-state index contributed by atoms with van der Waals surface area (Å²) in [5.74, 6) is -0.573. The molecule has 0 unspecified atom stereocenters. The molecule has 0 fully saturated rings. The third-order valence-electron chi connectivity index (χ3n) is 9.40. The molecule has 0 saturated carbocycles. The molecule has 5 nitrogen and oxygen atoms in total. The lowest BCUT2D eigenvalue weighted by Gasteiger charge is -2.15. The summed E-state index contributed by atoms with van der Waals surface area (Å²) in [4.78, 5) is 24.3. The van der Waals surface area contributed by atoms with Gasteiger partial charge in [0.05, 0.1) is 6.61 Å². The number of carbonyl (C=O) groups excluding carboxylic acids is 2. The fourth-order valence-corrected chi connectivity index (χ4v) is 6.26. The summed E-state index contributed by atoms with van der Waals surface area (Å²) < 4.78 is 10.6. The number of carbonyl (C=O) groups is 2. The van der Waals surface area contributed by atoms with Crippen LogP contribution in [0, 0.1) is 0 Å². The third kappa shape index (κ3) is 35.7. The van der Waals surface area contributed by atoms with Gasteiger partial charge in [-0.25, -0.2) is 0 Å². The molecule has 46 heavy (non-hydrogen) atoms. The second-order valence-corrected chi connectivity index (χ2v) is 14.1. The first-order valence-electron chi connectivity index (χ1n) is 20.6. The van der Waals surface area contributed by atoms with Crippen molar-refractivity contribution < 1.29 is 24.2 Å². The Morgan fingerprint density at radius 1 is 0.413 bits per heavy atom. The third-order valence-corrected chi connectivity index (χ3v) is 9.40. The minimum atomic E-state index is -0.761. The first-order chi connectivity index (χ1) is 22.6. The maximum atomic E-state index is 12.2. The first-order valence-corrected chi connectivity index (χ1v) is 20.6. The molecule has 1 N–H and O–H groups in total. The fraction of sp³-hybridized carbons (Fsp3) is 0.951. The minimum absolute atomic E-state index is 0.0567. The van der Waals surface area contributed by atoms with Crippen LogP contribution in [0.1, 0.15) is 232 Å². The molecule has 0 spiro atoms. The molecule has 0 bridgehead atoms. The van der Waals surface area contributed by atoms with Crippen LogP contribution in [0.15, 0.2) is 0 Å². The maximum absolute atomic E-state index is 12.2. The Hall–Kier alpha value is -1.10. The Labute approximate surface area is 287 Å². The lowest BCUT2D eigenvalue weighted by Crippen LogP contribution is -2.28. The van der Waals surface area contributed by atoms with Gasteiger partial charge in [-0.15, -0.1) is 0 Å². The number of rotatable bonds is 38. The fourth-order valence-electron chi connectivity index (χ4n) is 6.26. The monoisotopic (exact) mass is 653 g/mol. The molecule has 0 amide bonds. The van der Waals surface area contributed by atoms with Crippen molar-refractivity contribution >= 4 is 11.9 Å². The number of aliphatic hydroxyl groups is 1. The van der Waals surface area contributed by atoms with Crippen molar-refractivity contribution in [1.82, 2.24) is 0 Å². The van der Waals surface area contributed by atoms with E-state index in [-0.39, 0.29) is 25.2 Å². The topological polar surface area (TPSA) is 72.8 Å². The summed E-state index contributed by atoms with van der Waals surface area (Å²) in [6.07, 6.45) is 41.6. The largest absolute Gasteiger partial charge is 0.462 e. The van der Waals surface area contributed by atoms with Crippen molar-refractivity contribution in [3.63, 3.8) is 0 Å².